The van der Waals surface area contributed by atoms with Crippen LogP contribution in [0, 0.1) is 46.3 Å². The SMILES string of the molecule is C[C@H]1CC[C@@H]2[C@@H](C)[C@H]3[C@H](C[C@H]4[C@@H]5[C@H](O)C=C6C[C@@H](O)CC[C@]6(C)[C@H]5C[C@H](O)[C@]34C)N2C1. The summed E-state index contributed by atoms with van der Waals surface area (Å²) in [5, 5.41) is 33.5. The quantitative estimate of drug-likeness (QED) is 0.515. The average molecular weight is 430 g/mol. The van der Waals surface area contributed by atoms with Gasteiger partial charge in [0.15, 0.2) is 0 Å². The molecule has 174 valence electrons. The number of aliphatic hydroxyl groups is 3. The van der Waals surface area contributed by atoms with E-state index < -0.39 is 6.10 Å². The van der Waals surface area contributed by atoms with Crippen LogP contribution in [0.4, 0.5) is 0 Å². The number of hydrogen-bond donors (Lipinski definition) is 3. The van der Waals surface area contributed by atoms with Gasteiger partial charge in [0.1, 0.15) is 0 Å². The first kappa shape index (κ1) is 21.1. The zero-order chi connectivity index (χ0) is 21.9. The van der Waals surface area contributed by atoms with Gasteiger partial charge in [-0.2, -0.15) is 0 Å². The largest absolute Gasteiger partial charge is 0.393 e. The third-order valence-corrected chi connectivity index (χ3v) is 11.8. The minimum absolute atomic E-state index is 0.0247. The second kappa shape index (κ2) is 6.81. The van der Waals surface area contributed by atoms with Gasteiger partial charge in [0, 0.05) is 24.0 Å². The molecule has 4 heteroatoms. The van der Waals surface area contributed by atoms with Crippen molar-refractivity contribution in [3.05, 3.63) is 11.6 Å². The van der Waals surface area contributed by atoms with Crippen molar-refractivity contribution in [2.75, 3.05) is 6.54 Å². The van der Waals surface area contributed by atoms with E-state index >= 15 is 0 Å². The highest BCUT2D eigenvalue weighted by Gasteiger charge is 2.70. The van der Waals surface area contributed by atoms with Crippen molar-refractivity contribution in [2.24, 2.45) is 46.3 Å². The van der Waals surface area contributed by atoms with Gasteiger partial charge in [-0.15, -0.1) is 0 Å². The molecule has 13 atom stereocenters. The van der Waals surface area contributed by atoms with E-state index in [4.69, 9.17) is 0 Å². The number of rotatable bonds is 0. The smallest absolute Gasteiger partial charge is 0.0757 e. The highest BCUT2D eigenvalue weighted by atomic mass is 16.3. The van der Waals surface area contributed by atoms with E-state index in [-0.39, 0.29) is 29.0 Å². The maximum atomic E-state index is 11.8. The summed E-state index contributed by atoms with van der Waals surface area (Å²) in [4.78, 5) is 2.84. The molecular weight excluding hydrogens is 386 g/mol. The summed E-state index contributed by atoms with van der Waals surface area (Å²) < 4.78 is 0. The molecule has 0 radical (unpaired) electrons. The minimum Gasteiger partial charge on any atom is -0.393 e. The Balaban J connectivity index is 1.39. The lowest BCUT2D eigenvalue weighted by molar-refractivity contribution is -0.157. The van der Waals surface area contributed by atoms with E-state index in [0.29, 0.717) is 42.2 Å². The normalized spacial score (nSPS) is 61.0. The molecule has 0 spiro atoms. The van der Waals surface area contributed by atoms with Crippen LogP contribution in [0.1, 0.15) is 72.6 Å². The van der Waals surface area contributed by atoms with Crippen LogP contribution >= 0.6 is 0 Å². The van der Waals surface area contributed by atoms with E-state index in [2.05, 4.69) is 38.7 Å². The van der Waals surface area contributed by atoms with Gasteiger partial charge in [-0.05, 0) is 85.9 Å². The first-order valence-corrected chi connectivity index (χ1v) is 13.2. The van der Waals surface area contributed by atoms with E-state index in [1.165, 1.54) is 25.0 Å². The Hall–Kier alpha value is -0.420. The molecule has 2 saturated heterocycles. The van der Waals surface area contributed by atoms with Crippen molar-refractivity contribution in [3.63, 3.8) is 0 Å². The Morgan fingerprint density at radius 1 is 0.968 bits per heavy atom. The Labute approximate surface area is 188 Å². The molecule has 0 aromatic rings. The zero-order valence-corrected chi connectivity index (χ0v) is 19.9. The van der Waals surface area contributed by atoms with Gasteiger partial charge in [0.25, 0.3) is 0 Å². The number of hydrogen-bond acceptors (Lipinski definition) is 4. The monoisotopic (exact) mass is 429 g/mol. The fraction of sp³-hybridized carbons (Fsp3) is 0.926. The van der Waals surface area contributed by atoms with Crippen molar-refractivity contribution in [3.8, 4) is 0 Å². The minimum atomic E-state index is -0.430. The molecule has 2 heterocycles. The summed E-state index contributed by atoms with van der Waals surface area (Å²) >= 11 is 0. The van der Waals surface area contributed by atoms with Crippen LogP contribution in [0.25, 0.3) is 0 Å². The zero-order valence-electron chi connectivity index (χ0n) is 19.9. The Bertz CT molecular complexity index is 782. The number of piperidine rings is 1. The summed E-state index contributed by atoms with van der Waals surface area (Å²) in [6, 6.07) is 1.26. The molecule has 0 aromatic heterocycles. The molecule has 3 saturated carbocycles. The van der Waals surface area contributed by atoms with Crippen LogP contribution in [0.5, 0.6) is 0 Å². The third kappa shape index (κ3) is 2.63. The first-order chi connectivity index (χ1) is 14.7. The second-order valence-corrected chi connectivity index (χ2v) is 13.0. The molecule has 5 fully saturated rings. The van der Waals surface area contributed by atoms with E-state index in [1.54, 1.807) is 0 Å². The predicted octanol–water partition coefficient (Wildman–Crippen LogP) is 3.60. The average Bonchev–Trinajstić information content (AvgIpc) is 3.17. The lowest BCUT2D eigenvalue weighted by Crippen LogP contribution is -2.60. The van der Waals surface area contributed by atoms with Crippen LogP contribution < -0.4 is 0 Å². The number of aliphatic hydroxyl groups excluding tert-OH is 3. The molecule has 31 heavy (non-hydrogen) atoms. The second-order valence-electron chi connectivity index (χ2n) is 13.0. The van der Waals surface area contributed by atoms with Gasteiger partial charge in [0.05, 0.1) is 18.3 Å². The Kier molecular flexibility index (Phi) is 4.64. The molecule has 0 amide bonds. The van der Waals surface area contributed by atoms with Crippen LogP contribution in [0.2, 0.25) is 0 Å². The molecular formula is C27H43NO3. The van der Waals surface area contributed by atoms with Gasteiger partial charge in [-0.3, -0.25) is 4.90 Å². The molecule has 6 aliphatic rings. The van der Waals surface area contributed by atoms with Crippen molar-refractivity contribution in [1.29, 1.82) is 0 Å². The van der Waals surface area contributed by atoms with E-state index in [1.807, 2.05) is 0 Å². The summed E-state index contributed by atoms with van der Waals surface area (Å²) in [6.07, 6.45) is 8.29. The van der Waals surface area contributed by atoms with Crippen molar-refractivity contribution >= 4 is 0 Å². The third-order valence-electron chi connectivity index (χ3n) is 11.8. The summed E-state index contributed by atoms with van der Waals surface area (Å²) in [5.41, 5.74) is 1.19. The molecule has 3 N–H and O–H groups in total. The molecule has 4 nitrogen and oxygen atoms in total. The highest BCUT2D eigenvalue weighted by molar-refractivity contribution is 5.30. The summed E-state index contributed by atoms with van der Waals surface area (Å²) in [5.74, 6) is 2.90. The topological polar surface area (TPSA) is 63.9 Å². The van der Waals surface area contributed by atoms with Crippen LogP contribution in [0.15, 0.2) is 11.6 Å². The van der Waals surface area contributed by atoms with Crippen molar-refractivity contribution < 1.29 is 15.3 Å². The van der Waals surface area contributed by atoms with E-state index in [9.17, 15) is 15.3 Å². The maximum absolute atomic E-state index is 11.8. The highest BCUT2D eigenvalue weighted by Crippen LogP contribution is 2.69. The molecule has 0 aromatic carbocycles. The van der Waals surface area contributed by atoms with Gasteiger partial charge in [-0.25, -0.2) is 0 Å². The predicted molar refractivity (Wildman–Crippen MR) is 121 cm³/mol. The summed E-state index contributed by atoms with van der Waals surface area (Å²) in [6.45, 7) is 10.8. The fourth-order valence-corrected chi connectivity index (χ4v) is 10.3. The Morgan fingerprint density at radius 2 is 1.74 bits per heavy atom. The van der Waals surface area contributed by atoms with Crippen molar-refractivity contribution in [2.45, 2.75) is 103 Å². The molecule has 6 rings (SSSR count). The summed E-state index contributed by atoms with van der Waals surface area (Å²) in [7, 11) is 0. The van der Waals surface area contributed by atoms with Gasteiger partial charge in [0.2, 0.25) is 0 Å². The van der Waals surface area contributed by atoms with Crippen LogP contribution in [0.3, 0.4) is 0 Å². The molecule has 0 unspecified atom stereocenters. The molecule has 2 aliphatic heterocycles. The lowest BCUT2D eigenvalue weighted by atomic mass is 9.45. The maximum Gasteiger partial charge on any atom is 0.0757 e. The number of nitrogens with zero attached hydrogens (tertiary/aromatic N) is 1. The fourth-order valence-electron chi connectivity index (χ4n) is 10.3. The number of fused-ring (bicyclic) bond motifs is 9. The van der Waals surface area contributed by atoms with Gasteiger partial charge >= 0.3 is 0 Å². The molecule has 0 bridgehead atoms. The standard InChI is InChI=1S/C27H43NO3/c1-14-5-6-20-15(2)25-21(28(20)13-14)11-19-24-18(12-23(31)27(19,25)4)26(3)8-7-17(29)9-16(26)10-22(24)30/h10,14-15,17-25,29-31H,5-9,11-13H2,1-4H3/t14-,15+,17-,18-,19-,20+,21-,22+,23-,24+,25-,26-,27+/m0/s1. The Morgan fingerprint density at radius 3 is 2.52 bits per heavy atom. The van der Waals surface area contributed by atoms with Gasteiger partial charge < -0.3 is 15.3 Å². The van der Waals surface area contributed by atoms with Crippen molar-refractivity contribution in [1.82, 2.24) is 4.90 Å². The van der Waals surface area contributed by atoms with E-state index in [0.717, 1.165) is 31.6 Å². The van der Waals surface area contributed by atoms with Crippen LogP contribution in [-0.4, -0.2) is 57.2 Å². The first-order valence-electron chi connectivity index (χ1n) is 13.2. The lowest BCUT2D eigenvalue weighted by Gasteiger charge is -2.60. The van der Waals surface area contributed by atoms with Crippen LogP contribution in [-0.2, 0) is 0 Å². The molecule has 4 aliphatic carbocycles. The van der Waals surface area contributed by atoms with Gasteiger partial charge in [-0.1, -0.05) is 39.3 Å².